The average molecular weight is 298 g/mol. The minimum atomic E-state index is 0.107. The van der Waals surface area contributed by atoms with Gasteiger partial charge < -0.3 is 15.4 Å². The molecule has 5 nitrogen and oxygen atoms in total. The Bertz CT molecular complexity index is 437. The second-order valence-corrected chi connectivity index (χ2v) is 6.68. The molecular weight excluding hydrogens is 272 g/mol. The van der Waals surface area contributed by atoms with Crippen LogP contribution in [0.15, 0.2) is 10.4 Å². The van der Waals surface area contributed by atoms with Crippen molar-refractivity contribution in [3.63, 3.8) is 0 Å². The molecule has 0 radical (unpaired) electrons. The molecule has 1 heterocycles. The number of hydrogen-bond acceptors (Lipinski definition) is 4. The van der Waals surface area contributed by atoms with Crippen molar-refractivity contribution in [1.29, 1.82) is 0 Å². The van der Waals surface area contributed by atoms with Crippen LogP contribution in [0.25, 0.3) is 0 Å². The summed E-state index contributed by atoms with van der Waals surface area (Å²) in [6.45, 7) is 9.90. The van der Waals surface area contributed by atoms with E-state index in [-0.39, 0.29) is 11.5 Å². The molecule has 20 heavy (non-hydrogen) atoms. The van der Waals surface area contributed by atoms with Crippen molar-refractivity contribution in [2.75, 3.05) is 20.8 Å². The van der Waals surface area contributed by atoms with Crippen molar-refractivity contribution in [1.82, 2.24) is 15.6 Å². The standard InChI is InChI=1S/C14H26N4OS/c1-10(8-19-6)17-13(15-5)16-7-11-9-20-12(18-11)14(2,3)4/h9-10H,7-8H2,1-6H3,(H2,15,16,17). The van der Waals surface area contributed by atoms with E-state index >= 15 is 0 Å². The predicted octanol–water partition coefficient (Wildman–Crippen LogP) is 2.14. The van der Waals surface area contributed by atoms with E-state index in [0.717, 1.165) is 16.7 Å². The molecule has 114 valence electrons. The zero-order valence-electron chi connectivity index (χ0n) is 13.3. The van der Waals surface area contributed by atoms with Gasteiger partial charge in [-0.15, -0.1) is 11.3 Å². The first kappa shape index (κ1) is 16.9. The predicted molar refractivity (Wildman–Crippen MR) is 85.5 cm³/mol. The Kier molecular flexibility index (Phi) is 6.42. The number of rotatable bonds is 5. The average Bonchev–Trinajstić information content (AvgIpc) is 2.83. The highest BCUT2D eigenvalue weighted by atomic mass is 32.1. The van der Waals surface area contributed by atoms with Crippen LogP contribution in [0.2, 0.25) is 0 Å². The summed E-state index contributed by atoms with van der Waals surface area (Å²) in [4.78, 5) is 8.85. The van der Waals surface area contributed by atoms with Crippen LogP contribution in [0.3, 0.4) is 0 Å². The molecule has 0 aromatic carbocycles. The lowest BCUT2D eigenvalue weighted by Gasteiger charge is -2.16. The Morgan fingerprint density at radius 1 is 1.50 bits per heavy atom. The molecule has 1 rings (SSSR count). The summed E-state index contributed by atoms with van der Waals surface area (Å²) in [5.74, 6) is 0.764. The van der Waals surface area contributed by atoms with Crippen molar-refractivity contribution >= 4 is 17.3 Å². The molecule has 0 saturated carbocycles. The molecule has 1 atom stereocenters. The number of nitrogens with zero attached hydrogens (tertiary/aromatic N) is 2. The van der Waals surface area contributed by atoms with Gasteiger partial charge in [-0.3, -0.25) is 4.99 Å². The van der Waals surface area contributed by atoms with Crippen molar-refractivity contribution in [3.8, 4) is 0 Å². The van der Waals surface area contributed by atoms with E-state index < -0.39 is 0 Å². The van der Waals surface area contributed by atoms with Gasteiger partial charge in [0.25, 0.3) is 0 Å². The lowest BCUT2D eigenvalue weighted by molar-refractivity contribution is 0.179. The molecule has 0 fully saturated rings. The summed E-state index contributed by atoms with van der Waals surface area (Å²) in [6.07, 6.45) is 0. The summed E-state index contributed by atoms with van der Waals surface area (Å²) in [5, 5.41) is 9.79. The van der Waals surface area contributed by atoms with Crippen molar-refractivity contribution < 1.29 is 4.74 Å². The minimum absolute atomic E-state index is 0.107. The Balaban J connectivity index is 2.51. The molecule has 0 aliphatic rings. The van der Waals surface area contributed by atoms with Gasteiger partial charge in [-0.1, -0.05) is 20.8 Å². The molecule has 0 saturated heterocycles. The van der Waals surface area contributed by atoms with Gasteiger partial charge in [0.05, 0.1) is 23.9 Å². The van der Waals surface area contributed by atoms with Gasteiger partial charge in [-0.05, 0) is 6.92 Å². The number of nitrogens with one attached hydrogen (secondary N) is 2. The highest BCUT2D eigenvalue weighted by Crippen LogP contribution is 2.25. The van der Waals surface area contributed by atoms with Crippen LogP contribution >= 0.6 is 11.3 Å². The Hall–Kier alpha value is -1.14. The number of aromatic nitrogens is 1. The molecule has 0 amide bonds. The Labute approximate surface area is 125 Å². The van der Waals surface area contributed by atoms with Gasteiger partial charge in [0.1, 0.15) is 0 Å². The van der Waals surface area contributed by atoms with E-state index in [1.54, 1.807) is 25.5 Å². The van der Waals surface area contributed by atoms with E-state index in [2.05, 4.69) is 53.7 Å². The molecule has 0 spiro atoms. The van der Waals surface area contributed by atoms with E-state index in [1.807, 2.05) is 0 Å². The van der Waals surface area contributed by atoms with Crippen LogP contribution < -0.4 is 10.6 Å². The monoisotopic (exact) mass is 298 g/mol. The Morgan fingerprint density at radius 2 is 2.20 bits per heavy atom. The second-order valence-electron chi connectivity index (χ2n) is 5.82. The normalized spacial score (nSPS) is 14.2. The highest BCUT2D eigenvalue weighted by molar-refractivity contribution is 7.09. The summed E-state index contributed by atoms with van der Waals surface area (Å²) in [5.41, 5.74) is 1.15. The van der Waals surface area contributed by atoms with Gasteiger partial charge in [-0.2, -0.15) is 0 Å². The topological polar surface area (TPSA) is 58.5 Å². The van der Waals surface area contributed by atoms with Crippen molar-refractivity contribution in [2.45, 2.75) is 45.7 Å². The SMILES string of the molecule is CN=C(NCc1csc(C(C)(C)C)n1)NC(C)COC. The number of aliphatic imine (C=N–C) groups is 1. The van der Waals surface area contributed by atoms with Crippen LogP contribution in [-0.4, -0.2) is 37.7 Å². The molecule has 0 aliphatic heterocycles. The zero-order valence-corrected chi connectivity index (χ0v) is 14.1. The molecule has 0 aliphatic carbocycles. The van der Waals surface area contributed by atoms with Crippen molar-refractivity contribution in [2.24, 2.45) is 4.99 Å². The van der Waals surface area contributed by atoms with Gasteiger partial charge >= 0.3 is 0 Å². The fraction of sp³-hybridized carbons (Fsp3) is 0.714. The minimum Gasteiger partial charge on any atom is -0.383 e. The maximum Gasteiger partial charge on any atom is 0.191 e. The third kappa shape index (κ3) is 5.46. The molecule has 1 aromatic heterocycles. The first-order valence-corrected chi connectivity index (χ1v) is 7.65. The van der Waals surface area contributed by atoms with Crippen LogP contribution in [0.4, 0.5) is 0 Å². The number of guanidine groups is 1. The van der Waals surface area contributed by atoms with E-state index in [9.17, 15) is 0 Å². The van der Waals surface area contributed by atoms with Gasteiger partial charge in [0.2, 0.25) is 0 Å². The fourth-order valence-electron chi connectivity index (χ4n) is 1.63. The molecule has 2 N–H and O–H groups in total. The van der Waals surface area contributed by atoms with Crippen molar-refractivity contribution in [3.05, 3.63) is 16.1 Å². The molecular formula is C14H26N4OS. The number of ether oxygens (including phenoxy) is 1. The number of hydrogen-bond donors (Lipinski definition) is 2. The third-order valence-corrected chi connectivity index (χ3v) is 3.97. The lowest BCUT2D eigenvalue weighted by Crippen LogP contribution is -2.43. The zero-order chi connectivity index (χ0) is 15.2. The summed E-state index contributed by atoms with van der Waals surface area (Å²) in [7, 11) is 3.45. The quantitative estimate of drug-likeness (QED) is 0.646. The molecule has 1 unspecified atom stereocenters. The molecule has 1 aromatic rings. The number of methoxy groups -OCH3 is 1. The first-order chi connectivity index (χ1) is 9.36. The van der Waals surface area contributed by atoms with E-state index in [0.29, 0.717) is 13.2 Å². The van der Waals surface area contributed by atoms with Crippen LogP contribution in [0.5, 0.6) is 0 Å². The maximum absolute atomic E-state index is 5.10. The lowest BCUT2D eigenvalue weighted by atomic mass is 9.98. The van der Waals surface area contributed by atoms with E-state index in [1.165, 1.54) is 0 Å². The smallest absolute Gasteiger partial charge is 0.191 e. The summed E-state index contributed by atoms with van der Waals surface area (Å²) >= 11 is 1.71. The molecule has 6 heteroatoms. The summed E-state index contributed by atoms with van der Waals surface area (Å²) < 4.78 is 5.10. The highest BCUT2D eigenvalue weighted by Gasteiger charge is 2.17. The van der Waals surface area contributed by atoms with Crippen LogP contribution in [0, 0.1) is 0 Å². The van der Waals surface area contributed by atoms with Gasteiger partial charge in [0, 0.05) is 31.0 Å². The summed E-state index contributed by atoms with van der Waals surface area (Å²) in [6, 6.07) is 0.215. The fourth-order valence-corrected chi connectivity index (χ4v) is 2.53. The van der Waals surface area contributed by atoms with Gasteiger partial charge in [-0.25, -0.2) is 4.98 Å². The number of thiazole rings is 1. The maximum atomic E-state index is 5.10. The van der Waals surface area contributed by atoms with Crippen LogP contribution in [-0.2, 0) is 16.7 Å². The Morgan fingerprint density at radius 3 is 2.70 bits per heavy atom. The largest absolute Gasteiger partial charge is 0.383 e. The van der Waals surface area contributed by atoms with E-state index in [4.69, 9.17) is 4.74 Å². The van der Waals surface area contributed by atoms with Gasteiger partial charge in [0.15, 0.2) is 5.96 Å². The van der Waals surface area contributed by atoms with Crippen LogP contribution in [0.1, 0.15) is 38.4 Å². The second kappa shape index (κ2) is 7.59. The third-order valence-electron chi connectivity index (χ3n) is 2.65. The first-order valence-electron chi connectivity index (χ1n) is 6.77. The molecule has 0 bridgehead atoms.